The molecule has 0 heterocycles. The molecule has 0 radical (unpaired) electrons. The summed E-state index contributed by atoms with van der Waals surface area (Å²) in [6.45, 7) is 2.49. The fraction of sp³-hybridized carbons (Fsp3) is 0.350. The SMILES string of the molecule is Cc1ccc(CC(=O)NCCN(CCc2ccccc2F)S(C)(=O)=O)cc1. The second kappa shape index (κ2) is 9.62. The molecule has 0 aliphatic carbocycles. The van der Waals surface area contributed by atoms with Crippen molar-refractivity contribution in [1.82, 2.24) is 9.62 Å². The maximum Gasteiger partial charge on any atom is 0.224 e. The van der Waals surface area contributed by atoms with Crippen molar-refractivity contribution in [2.45, 2.75) is 19.8 Å². The summed E-state index contributed by atoms with van der Waals surface area (Å²) in [6, 6.07) is 14.0. The number of rotatable bonds is 9. The highest BCUT2D eigenvalue weighted by Crippen LogP contribution is 2.09. The fourth-order valence-electron chi connectivity index (χ4n) is 2.66. The Morgan fingerprint density at radius 3 is 2.37 bits per heavy atom. The number of sulfonamides is 1. The number of aryl methyl sites for hydroxylation is 1. The number of amides is 1. The highest BCUT2D eigenvalue weighted by molar-refractivity contribution is 7.88. The average molecular weight is 392 g/mol. The molecule has 1 N–H and O–H groups in total. The molecule has 0 aliphatic rings. The Kier molecular flexibility index (Phi) is 7.50. The highest BCUT2D eigenvalue weighted by atomic mass is 32.2. The molecule has 2 aromatic rings. The molecule has 0 bridgehead atoms. The molecular formula is C20H25FN2O3S. The van der Waals surface area contributed by atoms with E-state index in [1.54, 1.807) is 18.2 Å². The molecule has 0 saturated carbocycles. The van der Waals surface area contributed by atoms with E-state index in [0.29, 0.717) is 5.56 Å². The third-order valence-electron chi connectivity index (χ3n) is 4.23. The number of hydrogen-bond donors (Lipinski definition) is 1. The van der Waals surface area contributed by atoms with Crippen LogP contribution in [0.4, 0.5) is 4.39 Å². The van der Waals surface area contributed by atoms with E-state index in [-0.39, 0.29) is 44.2 Å². The van der Waals surface area contributed by atoms with Crippen LogP contribution in [0, 0.1) is 12.7 Å². The molecule has 0 unspecified atom stereocenters. The number of benzene rings is 2. The van der Waals surface area contributed by atoms with E-state index in [1.165, 1.54) is 10.4 Å². The minimum absolute atomic E-state index is 0.146. The van der Waals surface area contributed by atoms with Gasteiger partial charge in [0.2, 0.25) is 15.9 Å². The van der Waals surface area contributed by atoms with Gasteiger partial charge in [-0.25, -0.2) is 17.1 Å². The first-order chi connectivity index (χ1) is 12.8. The van der Waals surface area contributed by atoms with Crippen molar-refractivity contribution < 1.29 is 17.6 Å². The zero-order chi connectivity index (χ0) is 19.9. The summed E-state index contributed by atoms with van der Waals surface area (Å²) in [5.74, 6) is -0.515. The molecule has 5 nitrogen and oxygen atoms in total. The monoisotopic (exact) mass is 392 g/mol. The quantitative estimate of drug-likeness (QED) is 0.712. The summed E-state index contributed by atoms with van der Waals surface area (Å²) in [4.78, 5) is 12.0. The van der Waals surface area contributed by atoms with Gasteiger partial charge in [0.05, 0.1) is 12.7 Å². The third kappa shape index (κ3) is 7.11. The number of carbonyl (C=O) groups is 1. The minimum atomic E-state index is -3.45. The summed E-state index contributed by atoms with van der Waals surface area (Å²) in [6.07, 6.45) is 1.63. The third-order valence-corrected chi connectivity index (χ3v) is 5.53. The number of carbonyl (C=O) groups excluding carboxylic acids is 1. The maximum atomic E-state index is 13.7. The van der Waals surface area contributed by atoms with Crippen LogP contribution in [-0.2, 0) is 27.7 Å². The molecule has 0 fully saturated rings. The lowest BCUT2D eigenvalue weighted by Gasteiger charge is -2.20. The van der Waals surface area contributed by atoms with Crippen LogP contribution in [0.2, 0.25) is 0 Å². The van der Waals surface area contributed by atoms with E-state index in [2.05, 4.69) is 5.32 Å². The Bertz CT molecular complexity index is 867. The Morgan fingerprint density at radius 1 is 1.07 bits per heavy atom. The van der Waals surface area contributed by atoms with Gasteiger partial charge in [0.15, 0.2) is 0 Å². The Balaban J connectivity index is 1.84. The number of nitrogens with one attached hydrogen (secondary N) is 1. The van der Waals surface area contributed by atoms with Crippen LogP contribution in [0.5, 0.6) is 0 Å². The van der Waals surface area contributed by atoms with Gasteiger partial charge in [-0.15, -0.1) is 0 Å². The molecule has 146 valence electrons. The molecular weight excluding hydrogens is 367 g/mol. The predicted molar refractivity (Wildman–Crippen MR) is 104 cm³/mol. The van der Waals surface area contributed by atoms with Gasteiger partial charge in [0.25, 0.3) is 0 Å². The Hall–Kier alpha value is -2.25. The Labute approximate surface area is 160 Å². The first kappa shape index (κ1) is 21.1. The molecule has 1 amide bonds. The first-order valence-electron chi connectivity index (χ1n) is 8.76. The van der Waals surface area contributed by atoms with E-state index >= 15 is 0 Å². The molecule has 0 aliphatic heterocycles. The smallest absolute Gasteiger partial charge is 0.224 e. The van der Waals surface area contributed by atoms with Crippen LogP contribution in [-0.4, -0.2) is 44.5 Å². The normalized spacial score (nSPS) is 11.6. The van der Waals surface area contributed by atoms with Crippen LogP contribution in [0.3, 0.4) is 0 Å². The van der Waals surface area contributed by atoms with Crippen molar-refractivity contribution in [3.8, 4) is 0 Å². The summed E-state index contributed by atoms with van der Waals surface area (Å²) < 4.78 is 38.9. The second-order valence-electron chi connectivity index (χ2n) is 6.52. The van der Waals surface area contributed by atoms with Crippen LogP contribution in [0.25, 0.3) is 0 Å². The second-order valence-corrected chi connectivity index (χ2v) is 8.50. The van der Waals surface area contributed by atoms with Gasteiger partial charge in [-0.2, -0.15) is 0 Å². The van der Waals surface area contributed by atoms with Gasteiger partial charge in [-0.1, -0.05) is 48.0 Å². The summed E-state index contributed by atoms with van der Waals surface area (Å²) >= 11 is 0. The summed E-state index contributed by atoms with van der Waals surface area (Å²) in [5, 5.41) is 2.74. The first-order valence-corrected chi connectivity index (χ1v) is 10.6. The zero-order valence-electron chi connectivity index (χ0n) is 15.6. The van der Waals surface area contributed by atoms with Gasteiger partial charge < -0.3 is 5.32 Å². The standard InChI is InChI=1S/C20H25FN2O3S/c1-16-7-9-17(10-8-16)15-20(24)22-12-14-23(27(2,25)26)13-11-18-5-3-4-6-19(18)21/h3-10H,11-15H2,1-2H3,(H,22,24). The van der Waals surface area contributed by atoms with Crippen LogP contribution in [0.1, 0.15) is 16.7 Å². The molecule has 0 spiro atoms. The lowest BCUT2D eigenvalue weighted by Crippen LogP contribution is -2.39. The van der Waals surface area contributed by atoms with Crippen molar-refractivity contribution in [2.24, 2.45) is 0 Å². The van der Waals surface area contributed by atoms with E-state index in [4.69, 9.17) is 0 Å². The van der Waals surface area contributed by atoms with E-state index < -0.39 is 10.0 Å². The minimum Gasteiger partial charge on any atom is -0.354 e. The van der Waals surface area contributed by atoms with Crippen LogP contribution >= 0.6 is 0 Å². The maximum absolute atomic E-state index is 13.7. The lowest BCUT2D eigenvalue weighted by molar-refractivity contribution is -0.120. The summed E-state index contributed by atoms with van der Waals surface area (Å²) in [5.41, 5.74) is 2.49. The van der Waals surface area contributed by atoms with E-state index in [9.17, 15) is 17.6 Å². The predicted octanol–water partition coefficient (Wildman–Crippen LogP) is 2.30. The van der Waals surface area contributed by atoms with Crippen molar-refractivity contribution >= 4 is 15.9 Å². The average Bonchev–Trinajstić information content (AvgIpc) is 2.60. The van der Waals surface area contributed by atoms with Gasteiger partial charge >= 0.3 is 0 Å². The van der Waals surface area contributed by atoms with Gasteiger partial charge in [0.1, 0.15) is 5.82 Å². The fourth-order valence-corrected chi connectivity index (χ4v) is 3.51. The zero-order valence-corrected chi connectivity index (χ0v) is 16.4. The van der Waals surface area contributed by atoms with Crippen molar-refractivity contribution in [3.05, 3.63) is 71.0 Å². The van der Waals surface area contributed by atoms with Crippen LogP contribution in [0.15, 0.2) is 48.5 Å². The molecule has 2 aromatic carbocycles. The van der Waals surface area contributed by atoms with Crippen molar-refractivity contribution in [2.75, 3.05) is 25.9 Å². The Morgan fingerprint density at radius 2 is 1.74 bits per heavy atom. The topological polar surface area (TPSA) is 66.5 Å². The van der Waals surface area contributed by atoms with Gasteiger partial charge in [-0.3, -0.25) is 4.79 Å². The molecule has 0 saturated heterocycles. The number of hydrogen-bond acceptors (Lipinski definition) is 3. The van der Waals surface area contributed by atoms with E-state index in [0.717, 1.165) is 17.4 Å². The molecule has 0 atom stereocenters. The van der Waals surface area contributed by atoms with E-state index in [1.807, 2.05) is 31.2 Å². The molecule has 0 aromatic heterocycles. The number of nitrogens with zero attached hydrogens (tertiary/aromatic N) is 1. The van der Waals surface area contributed by atoms with Gasteiger partial charge in [-0.05, 0) is 30.5 Å². The van der Waals surface area contributed by atoms with Crippen molar-refractivity contribution in [3.63, 3.8) is 0 Å². The van der Waals surface area contributed by atoms with Gasteiger partial charge in [0, 0.05) is 19.6 Å². The lowest BCUT2D eigenvalue weighted by atomic mass is 10.1. The van der Waals surface area contributed by atoms with Crippen LogP contribution < -0.4 is 5.32 Å². The summed E-state index contributed by atoms with van der Waals surface area (Å²) in [7, 11) is -3.45. The highest BCUT2D eigenvalue weighted by Gasteiger charge is 2.17. The molecule has 7 heteroatoms. The molecule has 27 heavy (non-hydrogen) atoms. The van der Waals surface area contributed by atoms with Crippen molar-refractivity contribution in [1.29, 1.82) is 0 Å². The largest absolute Gasteiger partial charge is 0.354 e. The molecule has 2 rings (SSSR count). The number of halogens is 1.